The van der Waals surface area contributed by atoms with Crippen LogP contribution in [0.25, 0.3) is 0 Å². The average Bonchev–Trinajstić information content (AvgIpc) is 3.00. The molecule has 1 N–H and O–H groups in total. The molecule has 27 heavy (non-hydrogen) atoms. The third kappa shape index (κ3) is 4.86. The topological polar surface area (TPSA) is 95.8 Å². The highest BCUT2D eigenvalue weighted by molar-refractivity contribution is 7.89. The lowest BCUT2D eigenvalue weighted by molar-refractivity contribution is 0.219. The fourth-order valence-corrected chi connectivity index (χ4v) is 3.75. The lowest BCUT2D eigenvalue weighted by Gasteiger charge is -2.22. The van der Waals surface area contributed by atoms with Crippen LogP contribution >= 0.6 is 0 Å². The molecule has 2 rings (SSSR count). The highest BCUT2D eigenvalue weighted by atomic mass is 32.2. The van der Waals surface area contributed by atoms with E-state index in [4.69, 9.17) is 4.52 Å². The number of hydrogen-bond acceptors (Lipinski definition) is 5. The molecule has 9 heteroatoms. The minimum absolute atomic E-state index is 0.134. The Morgan fingerprint density at radius 3 is 2.44 bits per heavy atom. The molecular weight excluding hydrogens is 368 g/mol. The Morgan fingerprint density at radius 2 is 1.89 bits per heavy atom. The Bertz CT molecular complexity index is 921. The first-order valence-corrected chi connectivity index (χ1v) is 9.99. The van der Waals surface area contributed by atoms with Gasteiger partial charge in [-0.3, -0.25) is 0 Å². The van der Waals surface area contributed by atoms with E-state index in [1.807, 2.05) is 0 Å². The molecule has 148 valence electrons. The highest BCUT2D eigenvalue weighted by Gasteiger charge is 2.24. The number of hydrogen-bond donors (Lipinski definition) is 1. The van der Waals surface area contributed by atoms with Gasteiger partial charge in [0.25, 0.3) is 0 Å². The number of carbonyl (C=O) groups is 1. The number of benzene rings is 1. The summed E-state index contributed by atoms with van der Waals surface area (Å²) in [6.07, 6.45) is 0. The molecule has 0 unspecified atom stereocenters. The Hall–Kier alpha value is -2.39. The van der Waals surface area contributed by atoms with E-state index in [-0.39, 0.29) is 23.5 Å². The van der Waals surface area contributed by atoms with Crippen LogP contribution in [0.5, 0.6) is 0 Å². The lowest BCUT2D eigenvalue weighted by Crippen LogP contribution is -2.33. The fourth-order valence-electron chi connectivity index (χ4n) is 2.36. The summed E-state index contributed by atoms with van der Waals surface area (Å²) in [6, 6.07) is 5.91. The Labute approximate surface area is 160 Å². The summed E-state index contributed by atoms with van der Waals surface area (Å²) in [7, 11) is -0.473. The van der Waals surface area contributed by atoms with Crippen LogP contribution in [0, 0.1) is 13.8 Å². The molecule has 0 saturated carbocycles. The third-order valence-electron chi connectivity index (χ3n) is 4.28. The van der Waals surface area contributed by atoms with Crippen LogP contribution in [-0.4, -0.2) is 48.9 Å². The third-order valence-corrected chi connectivity index (χ3v) is 6.31. The van der Waals surface area contributed by atoms with E-state index in [1.54, 1.807) is 52.9 Å². The number of carbonyl (C=O) groups excluding carboxylic acids is 1. The quantitative estimate of drug-likeness (QED) is 0.812. The molecule has 0 saturated heterocycles. The minimum Gasteiger partial charge on any atom is -0.361 e. The van der Waals surface area contributed by atoms with Gasteiger partial charge in [-0.1, -0.05) is 11.2 Å². The number of rotatable bonds is 6. The number of aromatic nitrogens is 1. The van der Waals surface area contributed by atoms with E-state index < -0.39 is 10.0 Å². The number of anilines is 1. The Kier molecular flexibility index (Phi) is 6.27. The molecule has 2 aromatic rings. The number of sulfonamides is 1. The predicted octanol–water partition coefficient (Wildman–Crippen LogP) is 2.98. The van der Waals surface area contributed by atoms with Gasteiger partial charge in [-0.2, -0.15) is 4.31 Å². The van der Waals surface area contributed by atoms with Crippen LogP contribution in [0.3, 0.4) is 0 Å². The van der Waals surface area contributed by atoms with Crippen LogP contribution < -0.4 is 5.32 Å². The number of aryl methyl sites for hydroxylation is 2. The van der Waals surface area contributed by atoms with Gasteiger partial charge in [-0.15, -0.1) is 0 Å². The van der Waals surface area contributed by atoms with Crippen LogP contribution in [-0.2, 0) is 16.6 Å². The average molecular weight is 394 g/mol. The lowest BCUT2D eigenvalue weighted by atomic mass is 10.2. The van der Waals surface area contributed by atoms with Gasteiger partial charge in [0, 0.05) is 31.9 Å². The van der Waals surface area contributed by atoms with E-state index >= 15 is 0 Å². The minimum atomic E-state index is -3.63. The molecule has 0 aliphatic heterocycles. The van der Waals surface area contributed by atoms with Crippen molar-refractivity contribution in [2.75, 3.05) is 19.4 Å². The Morgan fingerprint density at radius 1 is 1.22 bits per heavy atom. The molecular formula is C18H26N4O4S. The van der Waals surface area contributed by atoms with E-state index in [0.29, 0.717) is 17.1 Å². The summed E-state index contributed by atoms with van der Waals surface area (Å²) >= 11 is 0. The molecule has 0 aliphatic carbocycles. The van der Waals surface area contributed by atoms with E-state index in [2.05, 4.69) is 10.5 Å². The van der Waals surface area contributed by atoms with Gasteiger partial charge in [0.05, 0.1) is 11.4 Å². The van der Waals surface area contributed by atoms with Gasteiger partial charge in [-0.05, 0) is 45.4 Å². The highest BCUT2D eigenvalue weighted by Crippen LogP contribution is 2.23. The molecule has 0 atom stereocenters. The van der Waals surface area contributed by atoms with Crippen LogP contribution in [0.1, 0.15) is 30.9 Å². The first-order valence-electron chi connectivity index (χ1n) is 8.55. The largest absolute Gasteiger partial charge is 0.361 e. The van der Waals surface area contributed by atoms with Gasteiger partial charge in [0.2, 0.25) is 10.0 Å². The molecule has 0 spiro atoms. The second-order valence-electron chi connectivity index (χ2n) is 6.81. The second kappa shape index (κ2) is 8.10. The van der Waals surface area contributed by atoms with Crippen molar-refractivity contribution in [2.24, 2.45) is 0 Å². The standard InChI is InChI=1S/C18H26N4O4S/c1-12(2)22(6)27(24,25)16-8-7-13(3)17(10-16)19-18(23)21(5)11-15-9-14(4)26-20-15/h7-10,12H,11H2,1-6H3,(H,19,23). The van der Waals surface area contributed by atoms with Crippen molar-refractivity contribution in [1.29, 1.82) is 0 Å². The molecule has 1 aromatic heterocycles. The zero-order valence-corrected chi connectivity index (χ0v) is 17.3. The van der Waals surface area contributed by atoms with Gasteiger partial charge in [0.15, 0.2) is 0 Å². The maximum absolute atomic E-state index is 12.7. The normalized spacial score (nSPS) is 11.9. The number of amides is 2. The monoisotopic (exact) mass is 394 g/mol. The van der Waals surface area contributed by atoms with Crippen molar-refractivity contribution in [3.05, 3.63) is 41.3 Å². The zero-order valence-electron chi connectivity index (χ0n) is 16.5. The van der Waals surface area contributed by atoms with Crippen LogP contribution in [0.2, 0.25) is 0 Å². The number of nitrogens with zero attached hydrogens (tertiary/aromatic N) is 3. The molecule has 1 heterocycles. The summed E-state index contributed by atoms with van der Waals surface area (Å²) in [5, 5.41) is 6.63. The van der Waals surface area contributed by atoms with Crippen LogP contribution in [0.15, 0.2) is 33.7 Å². The SMILES string of the molecule is Cc1cc(CN(C)C(=O)Nc2cc(S(=O)(=O)N(C)C(C)C)ccc2C)no1. The number of nitrogens with one attached hydrogen (secondary N) is 1. The molecule has 2 amide bonds. The van der Waals surface area contributed by atoms with Gasteiger partial charge in [-0.25, -0.2) is 13.2 Å². The van der Waals surface area contributed by atoms with E-state index in [1.165, 1.54) is 22.3 Å². The van der Waals surface area contributed by atoms with Crippen molar-refractivity contribution >= 4 is 21.7 Å². The summed E-state index contributed by atoms with van der Waals surface area (Å²) in [4.78, 5) is 14.1. The molecule has 0 radical (unpaired) electrons. The molecule has 8 nitrogen and oxygen atoms in total. The van der Waals surface area contributed by atoms with Crippen molar-refractivity contribution in [3.8, 4) is 0 Å². The van der Waals surface area contributed by atoms with E-state index in [0.717, 1.165) is 5.56 Å². The van der Waals surface area contributed by atoms with Crippen molar-refractivity contribution in [3.63, 3.8) is 0 Å². The van der Waals surface area contributed by atoms with Crippen molar-refractivity contribution < 1.29 is 17.7 Å². The first kappa shape index (κ1) is 20.9. The predicted molar refractivity (Wildman–Crippen MR) is 103 cm³/mol. The van der Waals surface area contributed by atoms with Gasteiger partial charge < -0.3 is 14.7 Å². The second-order valence-corrected chi connectivity index (χ2v) is 8.80. The Balaban J connectivity index is 2.19. The van der Waals surface area contributed by atoms with Gasteiger partial charge in [0.1, 0.15) is 11.5 Å². The van der Waals surface area contributed by atoms with Crippen molar-refractivity contribution in [1.82, 2.24) is 14.4 Å². The zero-order chi connectivity index (χ0) is 20.4. The summed E-state index contributed by atoms with van der Waals surface area (Å²) < 4.78 is 31.7. The fraction of sp³-hybridized carbons (Fsp3) is 0.444. The summed E-state index contributed by atoms with van der Waals surface area (Å²) in [5.41, 5.74) is 1.85. The maximum Gasteiger partial charge on any atom is 0.321 e. The molecule has 0 bridgehead atoms. The summed E-state index contributed by atoms with van der Waals surface area (Å²) in [6.45, 7) is 7.46. The smallest absolute Gasteiger partial charge is 0.321 e. The molecule has 1 aromatic carbocycles. The van der Waals surface area contributed by atoms with Gasteiger partial charge >= 0.3 is 6.03 Å². The molecule has 0 aliphatic rings. The molecule has 0 fully saturated rings. The maximum atomic E-state index is 12.7. The summed E-state index contributed by atoms with van der Waals surface area (Å²) in [5.74, 6) is 0.668. The number of urea groups is 1. The van der Waals surface area contributed by atoms with Crippen molar-refractivity contribution in [2.45, 2.75) is 45.2 Å². The van der Waals surface area contributed by atoms with Crippen LogP contribution in [0.4, 0.5) is 10.5 Å². The van der Waals surface area contributed by atoms with E-state index in [9.17, 15) is 13.2 Å². The first-order chi connectivity index (χ1) is 12.5.